The van der Waals surface area contributed by atoms with E-state index in [-0.39, 0.29) is 0 Å². The number of aromatic nitrogens is 3. The summed E-state index contributed by atoms with van der Waals surface area (Å²) >= 11 is 0. The zero-order valence-corrected chi connectivity index (χ0v) is 11.0. The number of aryl methyl sites for hydroxylation is 3. The van der Waals surface area contributed by atoms with Crippen LogP contribution < -0.4 is 4.74 Å². The average molecular weight is 247 g/mol. The van der Waals surface area contributed by atoms with Crippen LogP contribution in [0.1, 0.15) is 28.6 Å². The molecule has 0 amide bonds. The first kappa shape index (κ1) is 12.6. The molecule has 2 heterocycles. The van der Waals surface area contributed by atoms with Crippen molar-refractivity contribution in [3.8, 4) is 5.75 Å². The van der Waals surface area contributed by atoms with E-state index in [1.807, 2.05) is 19.9 Å². The zero-order chi connectivity index (χ0) is 13.3. The smallest absolute Gasteiger partial charge is 0.163 e. The number of hydrogen-bond acceptors (Lipinski definition) is 4. The van der Waals surface area contributed by atoms with Crippen LogP contribution in [0.15, 0.2) is 18.5 Å². The van der Waals surface area contributed by atoms with Gasteiger partial charge < -0.3 is 9.84 Å². The van der Waals surface area contributed by atoms with Crippen molar-refractivity contribution in [1.29, 1.82) is 0 Å². The van der Waals surface area contributed by atoms with Gasteiger partial charge in [-0.3, -0.25) is 9.67 Å². The van der Waals surface area contributed by atoms with Gasteiger partial charge in [0.1, 0.15) is 11.8 Å². The lowest BCUT2D eigenvalue weighted by molar-refractivity contribution is 0.199. The zero-order valence-electron chi connectivity index (χ0n) is 11.0. The number of pyridine rings is 1. The van der Waals surface area contributed by atoms with Crippen LogP contribution in [-0.2, 0) is 7.05 Å². The first-order valence-corrected chi connectivity index (χ1v) is 5.71. The molecule has 0 saturated carbocycles. The highest BCUT2D eigenvalue weighted by Crippen LogP contribution is 2.29. The van der Waals surface area contributed by atoms with Crippen molar-refractivity contribution in [2.24, 2.45) is 7.05 Å². The van der Waals surface area contributed by atoms with Crippen LogP contribution in [0, 0.1) is 13.8 Å². The molecule has 0 saturated heterocycles. The molecule has 0 aromatic carbocycles. The number of ether oxygens (including phenoxy) is 1. The normalized spacial score (nSPS) is 12.5. The fourth-order valence-electron chi connectivity index (χ4n) is 2.04. The van der Waals surface area contributed by atoms with E-state index in [1.54, 1.807) is 31.2 Å². The van der Waals surface area contributed by atoms with E-state index in [1.165, 1.54) is 0 Å². The van der Waals surface area contributed by atoms with Crippen LogP contribution in [0.5, 0.6) is 5.75 Å². The van der Waals surface area contributed by atoms with Crippen LogP contribution in [0.2, 0.25) is 0 Å². The lowest BCUT2D eigenvalue weighted by atomic mass is 10.1. The monoisotopic (exact) mass is 247 g/mol. The molecule has 0 aliphatic carbocycles. The summed E-state index contributed by atoms with van der Waals surface area (Å²) in [6.45, 7) is 3.90. The van der Waals surface area contributed by atoms with Crippen molar-refractivity contribution in [1.82, 2.24) is 14.8 Å². The Labute approximate surface area is 106 Å². The van der Waals surface area contributed by atoms with Gasteiger partial charge in [-0.2, -0.15) is 5.10 Å². The number of aliphatic hydroxyl groups excluding tert-OH is 1. The molecular formula is C13H17N3O2. The van der Waals surface area contributed by atoms with Crippen LogP contribution in [0.4, 0.5) is 0 Å². The molecule has 2 aromatic rings. The number of rotatable bonds is 3. The summed E-state index contributed by atoms with van der Waals surface area (Å²) in [5.74, 6) is 0.562. The molecule has 1 N–H and O–H groups in total. The van der Waals surface area contributed by atoms with E-state index >= 15 is 0 Å². The van der Waals surface area contributed by atoms with E-state index in [4.69, 9.17) is 4.74 Å². The van der Waals surface area contributed by atoms with E-state index in [0.717, 1.165) is 11.1 Å². The lowest BCUT2D eigenvalue weighted by Gasteiger charge is -2.14. The van der Waals surface area contributed by atoms with Crippen LogP contribution >= 0.6 is 0 Å². The van der Waals surface area contributed by atoms with Crippen molar-refractivity contribution in [3.05, 3.63) is 41.0 Å². The summed E-state index contributed by atoms with van der Waals surface area (Å²) in [5, 5.41) is 14.5. The van der Waals surface area contributed by atoms with Gasteiger partial charge in [-0.1, -0.05) is 6.07 Å². The Hall–Kier alpha value is -1.88. The molecule has 0 bridgehead atoms. The molecule has 1 unspecified atom stereocenters. The minimum Gasteiger partial charge on any atom is -0.493 e. The lowest BCUT2D eigenvalue weighted by Crippen LogP contribution is -2.11. The molecule has 0 fully saturated rings. The molecule has 0 aliphatic rings. The van der Waals surface area contributed by atoms with Crippen molar-refractivity contribution < 1.29 is 9.84 Å². The third kappa shape index (κ3) is 2.09. The minimum absolute atomic E-state index is 0.562. The van der Waals surface area contributed by atoms with Gasteiger partial charge in [-0.15, -0.1) is 0 Å². The van der Waals surface area contributed by atoms with Crippen LogP contribution in [0.25, 0.3) is 0 Å². The predicted molar refractivity (Wildman–Crippen MR) is 67.5 cm³/mol. The van der Waals surface area contributed by atoms with Crippen molar-refractivity contribution >= 4 is 0 Å². The largest absolute Gasteiger partial charge is 0.493 e. The van der Waals surface area contributed by atoms with E-state index < -0.39 is 6.10 Å². The second kappa shape index (κ2) is 4.78. The third-order valence-corrected chi connectivity index (χ3v) is 2.94. The van der Waals surface area contributed by atoms with Gasteiger partial charge in [-0.05, 0) is 25.0 Å². The molecule has 0 spiro atoms. The summed E-state index contributed by atoms with van der Waals surface area (Å²) in [6, 6.07) is 1.99. The fourth-order valence-corrected chi connectivity index (χ4v) is 2.04. The Balaban J connectivity index is 2.47. The quantitative estimate of drug-likeness (QED) is 0.893. The van der Waals surface area contributed by atoms with Crippen LogP contribution in [0.3, 0.4) is 0 Å². The SMILES string of the molecule is COc1cnn(C)c1C(O)c1ncc(C)cc1C. The molecule has 0 radical (unpaired) electrons. The van der Waals surface area contributed by atoms with E-state index in [0.29, 0.717) is 17.1 Å². The maximum absolute atomic E-state index is 10.4. The van der Waals surface area contributed by atoms with Gasteiger partial charge >= 0.3 is 0 Å². The first-order valence-electron chi connectivity index (χ1n) is 5.71. The molecular weight excluding hydrogens is 230 g/mol. The average Bonchev–Trinajstić information content (AvgIpc) is 2.69. The van der Waals surface area contributed by atoms with Crippen LogP contribution in [-0.4, -0.2) is 27.0 Å². The Bertz CT molecular complexity index is 563. The van der Waals surface area contributed by atoms with E-state index in [2.05, 4.69) is 10.1 Å². The molecule has 2 aromatic heterocycles. The summed E-state index contributed by atoms with van der Waals surface area (Å²) in [4.78, 5) is 4.30. The minimum atomic E-state index is -0.840. The highest BCUT2D eigenvalue weighted by atomic mass is 16.5. The predicted octanol–water partition coefficient (Wildman–Crippen LogP) is 1.52. The number of methoxy groups -OCH3 is 1. The highest BCUT2D eigenvalue weighted by molar-refractivity contribution is 5.35. The van der Waals surface area contributed by atoms with Gasteiger partial charge in [0.15, 0.2) is 5.75 Å². The second-order valence-corrected chi connectivity index (χ2v) is 4.34. The van der Waals surface area contributed by atoms with Gasteiger partial charge in [0.2, 0.25) is 0 Å². The van der Waals surface area contributed by atoms with Gasteiger partial charge in [0.05, 0.1) is 19.0 Å². The molecule has 5 nitrogen and oxygen atoms in total. The number of hydrogen-bond donors (Lipinski definition) is 1. The summed E-state index contributed by atoms with van der Waals surface area (Å²) in [6.07, 6.45) is 2.49. The highest BCUT2D eigenvalue weighted by Gasteiger charge is 2.22. The maximum Gasteiger partial charge on any atom is 0.163 e. The fraction of sp³-hybridized carbons (Fsp3) is 0.385. The third-order valence-electron chi connectivity index (χ3n) is 2.94. The standard InChI is InChI=1S/C13H17N3O2/c1-8-5-9(2)11(14-6-8)13(17)12-10(18-4)7-15-16(12)3/h5-7,13,17H,1-4H3. The molecule has 5 heteroatoms. The van der Waals surface area contributed by atoms with Gasteiger partial charge in [0.25, 0.3) is 0 Å². The molecule has 96 valence electrons. The molecule has 0 aliphatic heterocycles. The van der Waals surface area contributed by atoms with Gasteiger partial charge in [-0.25, -0.2) is 0 Å². The Kier molecular flexibility index (Phi) is 3.34. The summed E-state index contributed by atoms with van der Waals surface area (Å²) in [5.41, 5.74) is 3.26. The molecule has 2 rings (SSSR count). The van der Waals surface area contributed by atoms with Crippen molar-refractivity contribution in [3.63, 3.8) is 0 Å². The maximum atomic E-state index is 10.4. The Morgan fingerprint density at radius 2 is 2.06 bits per heavy atom. The number of aliphatic hydroxyl groups is 1. The van der Waals surface area contributed by atoms with Crippen molar-refractivity contribution in [2.45, 2.75) is 20.0 Å². The molecule has 1 atom stereocenters. The van der Waals surface area contributed by atoms with Crippen molar-refractivity contribution in [2.75, 3.05) is 7.11 Å². The van der Waals surface area contributed by atoms with E-state index in [9.17, 15) is 5.11 Å². The topological polar surface area (TPSA) is 60.2 Å². The summed E-state index contributed by atoms with van der Waals surface area (Å²) < 4.78 is 6.80. The number of nitrogens with zero attached hydrogens (tertiary/aromatic N) is 3. The second-order valence-electron chi connectivity index (χ2n) is 4.34. The molecule has 18 heavy (non-hydrogen) atoms. The summed E-state index contributed by atoms with van der Waals surface area (Å²) in [7, 11) is 3.33. The van der Waals surface area contributed by atoms with Gasteiger partial charge in [0, 0.05) is 13.2 Å². The first-order chi connectivity index (χ1) is 8.54. The Morgan fingerprint density at radius 3 is 2.67 bits per heavy atom. The Morgan fingerprint density at radius 1 is 1.33 bits per heavy atom.